The molecule has 100 valence electrons. The molecule has 0 saturated carbocycles. The molecule has 0 heterocycles. The molecule has 1 atom stereocenters. The molecule has 0 aliphatic carbocycles. The molecule has 0 aromatic heterocycles. The summed E-state index contributed by atoms with van der Waals surface area (Å²) < 4.78 is 5.27. The number of aliphatic hydroxyl groups is 2. The van der Waals surface area contributed by atoms with Crippen LogP contribution in [0.15, 0.2) is 36.4 Å². The first-order valence-electron chi connectivity index (χ1n) is 5.79. The van der Waals surface area contributed by atoms with Crippen LogP contribution >= 0.6 is 0 Å². The van der Waals surface area contributed by atoms with Crippen LogP contribution in [0.5, 0.6) is 5.75 Å². The van der Waals surface area contributed by atoms with Crippen LogP contribution < -0.4 is 4.74 Å². The molecule has 2 rings (SSSR count). The van der Waals surface area contributed by atoms with Crippen molar-refractivity contribution in [3.05, 3.63) is 42.0 Å². The van der Waals surface area contributed by atoms with Crippen LogP contribution in [0.2, 0.25) is 0 Å². The number of carboxylic acids is 1. The van der Waals surface area contributed by atoms with Gasteiger partial charge in [0.05, 0.1) is 6.61 Å². The first-order valence-corrected chi connectivity index (χ1v) is 5.79. The van der Waals surface area contributed by atoms with E-state index >= 15 is 0 Å². The van der Waals surface area contributed by atoms with Gasteiger partial charge >= 0.3 is 5.97 Å². The molecule has 2 aromatic rings. The molecular weight excluding hydrogens is 248 g/mol. The number of aliphatic hydroxyl groups excluding tert-OH is 2. The molecule has 0 saturated heterocycles. The molecule has 0 bridgehead atoms. The monoisotopic (exact) mass is 262 g/mol. The largest absolute Gasteiger partial charge is 0.490 e. The first-order chi connectivity index (χ1) is 9.11. The zero-order chi connectivity index (χ0) is 13.8. The third-order valence-corrected chi connectivity index (χ3v) is 2.72. The van der Waals surface area contributed by atoms with E-state index in [4.69, 9.17) is 14.9 Å². The molecule has 0 amide bonds. The smallest absolute Gasteiger partial charge is 0.339 e. The summed E-state index contributed by atoms with van der Waals surface area (Å²) in [4.78, 5) is 11.2. The van der Waals surface area contributed by atoms with Gasteiger partial charge in [-0.1, -0.05) is 24.3 Å². The van der Waals surface area contributed by atoms with Crippen molar-refractivity contribution in [2.24, 2.45) is 0 Å². The molecule has 5 heteroatoms. The fourth-order valence-corrected chi connectivity index (χ4v) is 1.74. The van der Waals surface area contributed by atoms with E-state index in [0.717, 1.165) is 10.8 Å². The van der Waals surface area contributed by atoms with Crippen LogP contribution in [0.25, 0.3) is 10.8 Å². The van der Waals surface area contributed by atoms with Gasteiger partial charge in [0, 0.05) is 0 Å². The highest BCUT2D eigenvalue weighted by molar-refractivity contribution is 5.97. The minimum Gasteiger partial charge on any atom is -0.490 e. The average Bonchev–Trinajstić information content (AvgIpc) is 2.43. The standard InChI is InChI=1S/C14H14O5/c15-7-11(16)8-19-13-6-10-4-2-1-3-9(10)5-12(13)14(17)18/h1-6,11,15-16H,7-8H2,(H,17,18). The Morgan fingerprint density at radius 3 is 2.42 bits per heavy atom. The lowest BCUT2D eigenvalue weighted by Crippen LogP contribution is -2.22. The predicted molar refractivity (Wildman–Crippen MR) is 69.5 cm³/mol. The fourth-order valence-electron chi connectivity index (χ4n) is 1.74. The van der Waals surface area contributed by atoms with E-state index in [1.165, 1.54) is 6.07 Å². The molecule has 0 aliphatic heterocycles. The molecule has 0 fully saturated rings. The Balaban J connectivity index is 2.39. The van der Waals surface area contributed by atoms with Crippen molar-refractivity contribution in [3.8, 4) is 5.75 Å². The highest BCUT2D eigenvalue weighted by Gasteiger charge is 2.14. The van der Waals surface area contributed by atoms with Gasteiger partial charge in [0.15, 0.2) is 0 Å². The van der Waals surface area contributed by atoms with E-state index in [1.807, 2.05) is 24.3 Å². The van der Waals surface area contributed by atoms with Crippen LogP contribution in [-0.4, -0.2) is 40.6 Å². The van der Waals surface area contributed by atoms with Crippen LogP contribution in [-0.2, 0) is 0 Å². The van der Waals surface area contributed by atoms with Gasteiger partial charge in [-0.15, -0.1) is 0 Å². The second kappa shape index (κ2) is 5.69. The van der Waals surface area contributed by atoms with Gasteiger partial charge in [0.1, 0.15) is 24.0 Å². The van der Waals surface area contributed by atoms with Crippen LogP contribution in [0, 0.1) is 0 Å². The SMILES string of the molecule is O=C(O)c1cc2ccccc2cc1OCC(O)CO. The lowest BCUT2D eigenvalue weighted by molar-refractivity contribution is 0.0520. The summed E-state index contributed by atoms with van der Waals surface area (Å²) in [6.07, 6.45) is -1.03. The van der Waals surface area contributed by atoms with E-state index in [0.29, 0.717) is 0 Å². The summed E-state index contributed by atoms with van der Waals surface area (Å²) in [6, 6.07) is 10.5. The number of benzene rings is 2. The summed E-state index contributed by atoms with van der Waals surface area (Å²) >= 11 is 0. The summed E-state index contributed by atoms with van der Waals surface area (Å²) in [5, 5.41) is 28.8. The minimum absolute atomic E-state index is 0.0313. The molecule has 3 N–H and O–H groups in total. The quantitative estimate of drug-likeness (QED) is 0.755. The molecule has 19 heavy (non-hydrogen) atoms. The second-order valence-corrected chi connectivity index (χ2v) is 4.15. The molecule has 5 nitrogen and oxygen atoms in total. The number of hydrogen-bond acceptors (Lipinski definition) is 4. The van der Waals surface area contributed by atoms with Gasteiger partial charge in [-0.2, -0.15) is 0 Å². The second-order valence-electron chi connectivity index (χ2n) is 4.15. The van der Waals surface area contributed by atoms with Crippen molar-refractivity contribution in [3.63, 3.8) is 0 Å². The van der Waals surface area contributed by atoms with Crippen LogP contribution in [0.3, 0.4) is 0 Å². The third-order valence-electron chi connectivity index (χ3n) is 2.72. The fraction of sp³-hybridized carbons (Fsp3) is 0.214. The molecule has 0 radical (unpaired) electrons. The molecule has 2 aromatic carbocycles. The van der Waals surface area contributed by atoms with Gasteiger partial charge in [-0.3, -0.25) is 0 Å². The Hall–Kier alpha value is -2.11. The van der Waals surface area contributed by atoms with E-state index in [1.54, 1.807) is 6.07 Å². The lowest BCUT2D eigenvalue weighted by atomic mass is 10.1. The number of aromatic carboxylic acids is 1. The van der Waals surface area contributed by atoms with Gasteiger partial charge in [-0.25, -0.2) is 4.79 Å². The van der Waals surface area contributed by atoms with Crippen molar-refractivity contribution in [1.82, 2.24) is 0 Å². The number of hydrogen-bond donors (Lipinski definition) is 3. The maximum absolute atomic E-state index is 11.2. The van der Waals surface area contributed by atoms with E-state index in [9.17, 15) is 9.90 Å². The van der Waals surface area contributed by atoms with Crippen LogP contribution in [0.4, 0.5) is 0 Å². The average molecular weight is 262 g/mol. The zero-order valence-electron chi connectivity index (χ0n) is 10.1. The van der Waals surface area contributed by atoms with E-state index in [-0.39, 0.29) is 17.9 Å². The molecular formula is C14H14O5. The Kier molecular flexibility index (Phi) is 3.99. The van der Waals surface area contributed by atoms with E-state index in [2.05, 4.69) is 0 Å². The van der Waals surface area contributed by atoms with Gasteiger partial charge in [0.2, 0.25) is 0 Å². The van der Waals surface area contributed by atoms with Gasteiger partial charge < -0.3 is 20.1 Å². The topological polar surface area (TPSA) is 87.0 Å². The number of ether oxygens (including phenoxy) is 1. The van der Waals surface area contributed by atoms with E-state index < -0.39 is 18.7 Å². The minimum atomic E-state index is -1.10. The third kappa shape index (κ3) is 3.01. The van der Waals surface area contributed by atoms with Crippen molar-refractivity contribution in [2.45, 2.75) is 6.10 Å². The maximum Gasteiger partial charge on any atom is 0.339 e. The number of rotatable bonds is 5. The normalized spacial score (nSPS) is 12.3. The van der Waals surface area contributed by atoms with Crippen molar-refractivity contribution in [2.75, 3.05) is 13.2 Å². The summed E-state index contributed by atoms with van der Waals surface area (Å²) in [5.41, 5.74) is 0.0313. The summed E-state index contributed by atoms with van der Waals surface area (Å²) in [7, 11) is 0. The maximum atomic E-state index is 11.2. The van der Waals surface area contributed by atoms with Crippen molar-refractivity contribution in [1.29, 1.82) is 0 Å². The summed E-state index contributed by atoms with van der Waals surface area (Å²) in [5.74, 6) is -0.919. The summed E-state index contributed by atoms with van der Waals surface area (Å²) in [6.45, 7) is -0.592. The molecule has 0 aliphatic rings. The van der Waals surface area contributed by atoms with Gasteiger partial charge in [0.25, 0.3) is 0 Å². The number of fused-ring (bicyclic) bond motifs is 1. The Labute approximate surface area is 109 Å². The first kappa shape index (κ1) is 13.3. The molecule has 0 spiro atoms. The lowest BCUT2D eigenvalue weighted by Gasteiger charge is -2.13. The van der Waals surface area contributed by atoms with Gasteiger partial charge in [-0.05, 0) is 22.9 Å². The van der Waals surface area contributed by atoms with Crippen molar-refractivity contribution >= 4 is 16.7 Å². The highest BCUT2D eigenvalue weighted by Crippen LogP contribution is 2.26. The Bertz CT molecular complexity index is 593. The zero-order valence-corrected chi connectivity index (χ0v) is 10.1. The Morgan fingerprint density at radius 1 is 1.21 bits per heavy atom. The predicted octanol–water partition coefficient (Wildman–Crippen LogP) is 1.27. The van der Waals surface area contributed by atoms with Crippen LogP contribution in [0.1, 0.15) is 10.4 Å². The van der Waals surface area contributed by atoms with Crippen molar-refractivity contribution < 1.29 is 24.9 Å². The molecule has 1 unspecified atom stereocenters. The highest BCUT2D eigenvalue weighted by atomic mass is 16.5. The number of carboxylic acid groups (broad SMARTS) is 1. The Morgan fingerprint density at radius 2 is 1.84 bits per heavy atom. The number of carbonyl (C=O) groups is 1.